The van der Waals surface area contributed by atoms with Crippen molar-refractivity contribution < 1.29 is 23.8 Å². The molecule has 0 fully saturated rings. The lowest BCUT2D eigenvalue weighted by atomic mass is 9.99. The van der Waals surface area contributed by atoms with Crippen LogP contribution in [0.2, 0.25) is 5.02 Å². The third-order valence-corrected chi connectivity index (χ3v) is 7.69. The predicted octanol–water partition coefficient (Wildman–Crippen LogP) is 7.12. The van der Waals surface area contributed by atoms with Crippen LogP contribution in [0.15, 0.2) is 103 Å². The second-order valence-electron chi connectivity index (χ2n) is 10.2. The molecule has 5 aromatic rings. The van der Waals surface area contributed by atoms with Crippen LogP contribution < -0.4 is 19.1 Å². The number of Topliss-reactive ketones (excluding diaryl/α,β-unsaturated/α-hetero) is 1. The van der Waals surface area contributed by atoms with Gasteiger partial charge in [0.25, 0.3) is 5.91 Å². The number of rotatable bonds is 6. The largest absolute Gasteiger partial charge is 0.486 e. The van der Waals surface area contributed by atoms with Crippen molar-refractivity contribution in [3.05, 3.63) is 114 Å². The minimum absolute atomic E-state index is 0.0939. The van der Waals surface area contributed by atoms with Gasteiger partial charge in [-0.2, -0.15) is 0 Å². The Bertz CT molecular complexity index is 1860. The zero-order chi connectivity index (χ0) is 29.3. The molecule has 0 bridgehead atoms. The smallest absolute Gasteiger partial charge is 0.265 e. The Morgan fingerprint density at radius 1 is 0.698 bits per heavy atom. The second kappa shape index (κ2) is 11.3. The minimum Gasteiger partial charge on any atom is -0.486 e. The number of aromatic nitrogens is 1. The van der Waals surface area contributed by atoms with Crippen molar-refractivity contribution in [2.45, 2.75) is 0 Å². The Morgan fingerprint density at radius 2 is 1.35 bits per heavy atom. The number of ether oxygens (including phenoxy) is 3. The van der Waals surface area contributed by atoms with Crippen LogP contribution in [-0.2, 0) is 4.79 Å². The number of fused-ring (bicyclic) bond motifs is 2. The number of amides is 1. The molecule has 0 N–H and O–H groups in total. The van der Waals surface area contributed by atoms with E-state index in [1.807, 2.05) is 78.9 Å². The average molecular weight is 589 g/mol. The fraction of sp³-hybridized carbons (Fsp3) is 0.114. The van der Waals surface area contributed by atoms with Crippen molar-refractivity contribution in [3.63, 3.8) is 0 Å². The van der Waals surface area contributed by atoms with Gasteiger partial charge in [-0.15, -0.1) is 0 Å². The molecule has 0 spiro atoms. The fourth-order valence-corrected chi connectivity index (χ4v) is 5.36. The molecule has 2 aliphatic heterocycles. The molecule has 1 aromatic heterocycles. The molecule has 0 saturated heterocycles. The van der Waals surface area contributed by atoms with Crippen LogP contribution in [0.1, 0.15) is 10.4 Å². The lowest BCUT2D eigenvalue weighted by molar-refractivity contribution is -0.121. The number of carbonyl (C=O) groups excluding carboxylic acids is 2. The highest BCUT2D eigenvalue weighted by Crippen LogP contribution is 2.39. The summed E-state index contributed by atoms with van der Waals surface area (Å²) >= 11 is 6.18. The molecular formula is C35H25ClN2O5. The Hall–Kier alpha value is -5.14. The standard InChI is InChI=1S/C35H25ClN2O5/c36-27-10-6-22(7-11-27)26-16-28(37-29(17-26)25-9-13-33-34(19-25)42-15-14-41-33)24-8-12-32-30(18-24)38(35(40)21-43-32)20-31(39)23-4-2-1-3-5-23/h1-13,16-19H,14-15,20-21H2. The highest BCUT2D eigenvalue weighted by atomic mass is 35.5. The fourth-order valence-electron chi connectivity index (χ4n) is 5.23. The van der Waals surface area contributed by atoms with Crippen LogP contribution in [0, 0.1) is 0 Å². The van der Waals surface area contributed by atoms with E-state index in [4.69, 9.17) is 30.8 Å². The summed E-state index contributed by atoms with van der Waals surface area (Å²) in [6.45, 7) is 0.773. The zero-order valence-corrected chi connectivity index (χ0v) is 23.7. The zero-order valence-electron chi connectivity index (χ0n) is 23.0. The Morgan fingerprint density at radius 3 is 2.09 bits per heavy atom. The van der Waals surface area contributed by atoms with Crippen molar-refractivity contribution in [1.82, 2.24) is 4.98 Å². The van der Waals surface area contributed by atoms with Gasteiger partial charge in [-0.05, 0) is 71.8 Å². The molecule has 3 heterocycles. The van der Waals surface area contributed by atoms with Gasteiger partial charge >= 0.3 is 0 Å². The average Bonchev–Trinajstić information content (AvgIpc) is 3.06. The number of halogens is 1. The van der Waals surface area contributed by atoms with Crippen LogP contribution >= 0.6 is 11.6 Å². The van der Waals surface area contributed by atoms with E-state index < -0.39 is 0 Å². The number of benzene rings is 4. The summed E-state index contributed by atoms with van der Waals surface area (Å²) in [5.74, 6) is 1.47. The van der Waals surface area contributed by atoms with Gasteiger partial charge in [-0.3, -0.25) is 14.5 Å². The van der Waals surface area contributed by atoms with Crippen molar-refractivity contribution in [2.75, 3.05) is 31.3 Å². The van der Waals surface area contributed by atoms with E-state index in [-0.39, 0.29) is 24.8 Å². The summed E-state index contributed by atoms with van der Waals surface area (Å²) in [7, 11) is 0. The predicted molar refractivity (Wildman–Crippen MR) is 165 cm³/mol. The number of carbonyl (C=O) groups is 2. The van der Waals surface area contributed by atoms with Crippen molar-refractivity contribution >= 4 is 29.0 Å². The number of hydrogen-bond donors (Lipinski definition) is 0. The van der Waals surface area contributed by atoms with Crippen LogP contribution in [-0.4, -0.2) is 43.0 Å². The maximum absolute atomic E-state index is 13.1. The summed E-state index contributed by atoms with van der Waals surface area (Å²) in [5.41, 5.74) is 6.04. The number of hydrogen-bond acceptors (Lipinski definition) is 6. The van der Waals surface area contributed by atoms with E-state index in [0.29, 0.717) is 52.4 Å². The van der Waals surface area contributed by atoms with E-state index in [0.717, 1.165) is 27.9 Å². The normalized spacial score (nSPS) is 13.7. The summed E-state index contributed by atoms with van der Waals surface area (Å²) < 4.78 is 17.3. The molecule has 7 rings (SSSR count). The maximum Gasteiger partial charge on any atom is 0.265 e. The molecule has 0 unspecified atom stereocenters. The van der Waals surface area contributed by atoms with E-state index in [2.05, 4.69) is 0 Å². The molecular weight excluding hydrogens is 564 g/mol. The van der Waals surface area contributed by atoms with Crippen LogP contribution in [0.25, 0.3) is 33.6 Å². The first-order chi connectivity index (χ1) is 21.0. The van der Waals surface area contributed by atoms with Crippen LogP contribution in [0.4, 0.5) is 5.69 Å². The van der Waals surface area contributed by atoms with Crippen molar-refractivity contribution in [2.24, 2.45) is 0 Å². The first-order valence-corrected chi connectivity index (χ1v) is 14.2. The Labute approximate surface area is 253 Å². The Balaban J connectivity index is 1.31. The maximum atomic E-state index is 13.1. The Kier molecular flexibility index (Phi) is 7.01. The quantitative estimate of drug-likeness (QED) is 0.197. The molecule has 1 amide bonds. The van der Waals surface area contributed by atoms with Gasteiger partial charge in [0.1, 0.15) is 19.0 Å². The van der Waals surface area contributed by atoms with E-state index in [1.54, 1.807) is 24.3 Å². The molecule has 212 valence electrons. The first kappa shape index (κ1) is 26.7. The highest BCUT2D eigenvalue weighted by Gasteiger charge is 2.28. The van der Waals surface area contributed by atoms with Crippen LogP contribution in [0.5, 0.6) is 17.2 Å². The number of nitrogens with zero attached hydrogens (tertiary/aromatic N) is 2. The molecule has 7 nitrogen and oxygen atoms in total. The molecule has 0 atom stereocenters. The highest BCUT2D eigenvalue weighted by molar-refractivity contribution is 6.30. The van der Waals surface area contributed by atoms with E-state index >= 15 is 0 Å². The number of ketones is 1. The van der Waals surface area contributed by atoms with Crippen molar-refractivity contribution in [1.29, 1.82) is 0 Å². The van der Waals surface area contributed by atoms with Gasteiger partial charge < -0.3 is 14.2 Å². The molecule has 8 heteroatoms. The molecule has 0 radical (unpaired) electrons. The number of anilines is 1. The summed E-state index contributed by atoms with van der Waals surface area (Å²) in [4.78, 5) is 32.6. The monoisotopic (exact) mass is 588 g/mol. The SMILES string of the molecule is O=C(CN1C(=O)COc2ccc(-c3cc(-c4ccc(Cl)cc4)cc(-c4ccc5c(c4)OCCO5)n3)cc21)c1ccccc1. The van der Waals surface area contributed by atoms with Gasteiger partial charge in [-0.25, -0.2) is 4.98 Å². The summed E-state index contributed by atoms with van der Waals surface area (Å²) in [5, 5.41) is 0.648. The van der Waals surface area contributed by atoms with Gasteiger partial charge in [0, 0.05) is 21.7 Å². The third-order valence-electron chi connectivity index (χ3n) is 7.44. The van der Waals surface area contributed by atoms with E-state index in [9.17, 15) is 9.59 Å². The first-order valence-electron chi connectivity index (χ1n) is 13.9. The lowest BCUT2D eigenvalue weighted by Gasteiger charge is -2.29. The molecule has 2 aliphatic rings. The van der Waals surface area contributed by atoms with Crippen molar-refractivity contribution in [3.8, 4) is 50.9 Å². The molecule has 4 aromatic carbocycles. The third kappa shape index (κ3) is 5.43. The number of pyridine rings is 1. The van der Waals surface area contributed by atoms with Gasteiger partial charge in [0.05, 0.1) is 23.6 Å². The lowest BCUT2D eigenvalue weighted by Crippen LogP contribution is -2.42. The molecule has 0 saturated carbocycles. The molecule has 43 heavy (non-hydrogen) atoms. The van der Waals surface area contributed by atoms with Gasteiger partial charge in [0.15, 0.2) is 23.9 Å². The van der Waals surface area contributed by atoms with E-state index in [1.165, 1.54) is 4.90 Å². The summed E-state index contributed by atoms with van der Waals surface area (Å²) in [6, 6.07) is 32.0. The van der Waals surface area contributed by atoms with Gasteiger partial charge in [0.2, 0.25) is 0 Å². The second-order valence-corrected chi connectivity index (χ2v) is 10.7. The topological polar surface area (TPSA) is 78.0 Å². The van der Waals surface area contributed by atoms with Crippen LogP contribution in [0.3, 0.4) is 0 Å². The molecule has 0 aliphatic carbocycles. The van der Waals surface area contributed by atoms with Gasteiger partial charge in [-0.1, -0.05) is 54.1 Å². The minimum atomic E-state index is -0.284. The summed E-state index contributed by atoms with van der Waals surface area (Å²) in [6.07, 6.45) is 0.